The van der Waals surface area contributed by atoms with Crippen molar-refractivity contribution >= 4 is 31.4 Å². The summed E-state index contributed by atoms with van der Waals surface area (Å²) in [6.07, 6.45) is 1.81. The van der Waals surface area contributed by atoms with Crippen LogP contribution in [-0.4, -0.2) is 38.0 Å². The number of carbonyl (C=O) groups is 2. The first-order valence-corrected chi connectivity index (χ1v) is 11.4. The van der Waals surface area contributed by atoms with Crippen molar-refractivity contribution in [3.05, 3.63) is 28.6 Å². The van der Waals surface area contributed by atoms with Gasteiger partial charge in [-0.15, -0.1) is 11.8 Å². The summed E-state index contributed by atoms with van der Waals surface area (Å²) in [4.78, 5) is 46.4. The number of nitrogens with one attached hydrogen (secondary N) is 1. The van der Waals surface area contributed by atoms with E-state index in [9.17, 15) is 23.9 Å². The van der Waals surface area contributed by atoms with Crippen molar-refractivity contribution in [1.82, 2.24) is 15.1 Å². The summed E-state index contributed by atoms with van der Waals surface area (Å²) in [7, 11) is -5.23. The van der Waals surface area contributed by atoms with Gasteiger partial charge >= 0.3 is 59.1 Å². The number of rotatable bonds is 6. The van der Waals surface area contributed by atoms with Crippen LogP contribution in [0.2, 0.25) is 0 Å². The molecule has 0 spiro atoms. The summed E-state index contributed by atoms with van der Waals surface area (Å²) < 4.78 is 22.0. The maximum Gasteiger partial charge on any atom is 1.00 e. The third-order valence-electron chi connectivity index (χ3n) is 4.94. The molecule has 15 heteroatoms. The van der Waals surface area contributed by atoms with Gasteiger partial charge in [0.1, 0.15) is 12.4 Å². The Bertz CT molecular complexity index is 962. The summed E-state index contributed by atoms with van der Waals surface area (Å²) in [5.41, 5.74) is 4.87. The maximum atomic E-state index is 12.8. The van der Waals surface area contributed by atoms with E-state index in [1.807, 2.05) is 27.7 Å². The van der Waals surface area contributed by atoms with Gasteiger partial charge in [-0.3, -0.25) is 9.59 Å². The van der Waals surface area contributed by atoms with Crippen LogP contribution in [0.15, 0.2) is 22.9 Å². The standard InChI is InChI=1S/C17H25N4O7PS.2Na/c1-16(2)7-9-11(13(18)22)15(30-12(9)17(3,4)28-16)20-14(23)10-5-6-19-21(10)8-27-29(24,25)26;;/h5-6,9,12H,7-8H2,1-4H3,(H2,18,22)(H,20,23)(H2,24,25,26);;/q;2*+1/p-2. The van der Waals surface area contributed by atoms with E-state index >= 15 is 0 Å². The van der Waals surface area contributed by atoms with Gasteiger partial charge in [-0.25, -0.2) is 4.68 Å². The van der Waals surface area contributed by atoms with Crippen molar-refractivity contribution in [2.45, 2.75) is 57.3 Å². The number of primary amides is 1. The van der Waals surface area contributed by atoms with Crippen LogP contribution < -0.4 is 80.0 Å². The van der Waals surface area contributed by atoms with Gasteiger partial charge in [0.25, 0.3) is 5.91 Å². The summed E-state index contributed by atoms with van der Waals surface area (Å²) in [5, 5.41) is 6.65. The molecule has 0 aliphatic carbocycles. The fourth-order valence-electron chi connectivity index (χ4n) is 4.08. The maximum absolute atomic E-state index is 12.8. The number of nitrogens with zero attached hydrogens (tertiary/aromatic N) is 2. The molecule has 11 nitrogen and oxygen atoms in total. The van der Waals surface area contributed by atoms with E-state index in [0.29, 0.717) is 17.0 Å². The van der Waals surface area contributed by atoms with E-state index in [1.54, 1.807) is 0 Å². The molecule has 1 aromatic rings. The zero-order chi connectivity index (χ0) is 22.5. The molecular weight excluding hydrogens is 481 g/mol. The number of amides is 2. The number of hydrogen-bond acceptors (Lipinski definition) is 9. The van der Waals surface area contributed by atoms with Gasteiger partial charge in [0, 0.05) is 17.4 Å². The molecule has 2 amide bonds. The van der Waals surface area contributed by atoms with Crippen LogP contribution in [0.4, 0.5) is 0 Å². The fraction of sp³-hybridized carbons (Fsp3) is 0.588. The quantitative estimate of drug-likeness (QED) is 0.282. The van der Waals surface area contributed by atoms with Crippen LogP contribution in [-0.2, 0) is 25.4 Å². The van der Waals surface area contributed by atoms with Crippen LogP contribution in [0.5, 0.6) is 0 Å². The molecule has 3 heterocycles. The molecule has 1 aromatic heterocycles. The molecule has 0 radical (unpaired) electrons. The van der Waals surface area contributed by atoms with E-state index in [4.69, 9.17) is 10.5 Å². The van der Waals surface area contributed by atoms with Crippen LogP contribution in [0.25, 0.3) is 0 Å². The number of carbonyl (C=O) groups excluding carboxylic acids is 2. The van der Waals surface area contributed by atoms with Crippen LogP contribution in [0, 0.1) is 5.92 Å². The molecule has 2 unspecified atom stereocenters. The third-order valence-corrected chi connectivity index (χ3v) is 7.08. The van der Waals surface area contributed by atoms with Gasteiger partial charge < -0.3 is 34.7 Å². The van der Waals surface area contributed by atoms with E-state index in [2.05, 4.69) is 14.9 Å². The molecule has 1 saturated heterocycles. The minimum absolute atomic E-state index is 0. The van der Waals surface area contributed by atoms with Crippen molar-refractivity contribution in [2.24, 2.45) is 11.7 Å². The molecule has 32 heavy (non-hydrogen) atoms. The Morgan fingerprint density at radius 2 is 2.00 bits per heavy atom. The topological polar surface area (TPSA) is 172 Å². The monoisotopic (exact) mass is 504 g/mol. The molecule has 2 atom stereocenters. The Morgan fingerprint density at radius 3 is 2.56 bits per heavy atom. The van der Waals surface area contributed by atoms with Gasteiger partial charge in [-0.05, 0) is 40.2 Å². The SMILES string of the molecule is CC1(C)CC2C(C(N)=O)=C(NC(=O)c3ccnn3COP(=O)([O-])[O-])SC2C(C)(C)O1.[Na+].[Na+]. The molecular formula is C17H23N4Na2O7PS. The average molecular weight is 504 g/mol. The van der Waals surface area contributed by atoms with Crippen LogP contribution in [0.3, 0.4) is 0 Å². The number of thioether (sulfide) groups is 1. The molecule has 0 bridgehead atoms. The molecule has 0 saturated carbocycles. The Kier molecular flexibility index (Phi) is 10.4. The molecule has 3 rings (SSSR count). The summed E-state index contributed by atoms with van der Waals surface area (Å²) in [6, 6.07) is 1.33. The van der Waals surface area contributed by atoms with Gasteiger partial charge in [0.15, 0.2) is 0 Å². The Hall–Kier alpha value is 0.310. The Morgan fingerprint density at radius 1 is 1.38 bits per heavy atom. The van der Waals surface area contributed by atoms with Gasteiger partial charge in [0.2, 0.25) is 5.91 Å². The molecule has 166 valence electrons. The number of fused-ring (bicyclic) bond motifs is 1. The van der Waals surface area contributed by atoms with Gasteiger partial charge in [-0.2, -0.15) is 5.10 Å². The number of ether oxygens (including phenoxy) is 1. The smallest absolute Gasteiger partial charge is 0.790 e. The molecule has 2 aliphatic rings. The fourth-order valence-corrected chi connectivity index (χ4v) is 5.85. The summed E-state index contributed by atoms with van der Waals surface area (Å²) in [5.74, 6) is -1.49. The minimum Gasteiger partial charge on any atom is -0.790 e. The minimum atomic E-state index is -5.23. The average Bonchev–Trinajstić information content (AvgIpc) is 3.15. The second-order valence-electron chi connectivity index (χ2n) is 8.30. The summed E-state index contributed by atoms with van der Waals surface area (Å²) in [6.45, 7) is 6.99. The number of hydrogen-bond donors (Lipinski definition) is 2. The van der Waals surface area contributed by atoms with Crippen molar-refractivity contribution in [3.8, 4) is 0 Å². The zero-order valence-corrected chi connectivity index (χ0v) is 24.6. The van der Waals surface area contributed by atoms with Crippen molar-refractivity contribution in [3.63, 3.8) is 0 Å². The normalized spacial score (nSPS) is 23.6. The second kappa shape index (κ2) is 10.9. The van der Waals surface area contributed by atoms with E-state index < -0.39 is 37.6 Å². The van der Waals surface area contributed by atoms with Crippen molar-refractivity contribution in [2.75, 3.05) is 0 Å². The Labute approximate surface area is 234 Å². The number of aromatic nitrogens is 2. The molecule has 2 aliphatic heterocycles. The van der Waals surface area contributed by atoms with E-state index in [-0.39, 0.29) is 76.0 Å². The molecule has 3 N–H and O–H groups in total. The first-order valence-electron chi connectivity index (χ1n) is 9.11. The predicted molar refractivity (Wildman–Crippen MR) is 103 cm³/mol. The first kappa shape index (κ1) is 30.3. The van der Waals surface area contributed by atoms with Crippen LogP contribution >= 0.6 is 19.6 Å². The predicted octanol–water partition coefficient (Wildman–Crippen LogP) is -6.17. The largest absolute Gasteiger partial charge is 1.00 e. The zero-order valence-electron chi connectivity index (χ0n) is 18.9. The molecule has 1 fully saturated rings. The second-order valence-corrected chi connectivity index (χ2v) is 10.6. The van der Waals surface area contributed by atoms with Gasteiger partial charge in [-0.1, -0.05) is 0 Å². The first-order chi connectivity index (χ1) is 13.7. The van der Waals surface area contributed by atoms with Crippen molar-refractivity contribution < 1.29 is 92.3 Å². The third kappa shape index (κ3) is 6.93. The van der Waals surface area contributed by atoms with E-state index in [0.717, 1.165) is 4.68 Å². The Balaban J connectivity index is 0.00000256. The summed E-state index contributed by atoms with van der Waals surface area (Å²) >= 11 is 1.30. The van der Waals surface area contributed by atoms with E-state index in [1.165, 1.54) is 24.0 Å². The molecule has 0 aromatic carbocycles. The van der Waals surface area contributed by atoms with Crippen LogP contribution in [0.1, 0.15) is 44.6 Å². The van der Waals surface area contributed by atoms with Gasteiger partial charge in [0.05, 0.1) is 29.6 Å². The van der Waals surface area contributed by atoms with Crippen molar-refractivity contribution in [1.29, 1.82) is 0 Å². The number of phosphoric ester groups is 1. The number of phosphoric acid groups is 1. The number of nitrogens with two attached hydrogens (primary N) is 1.